The molecule has 1 N–H and O–H groups in total. The van der Waals surface area contributed by atoms with Crippen LogP contribution >= 0.6 is 0 Å². The number of carbonyl (C=O) groups is 2. The summed E-state index contributed by atoms with van der Waals surface area (Å²) in [5, 5.41) is 9.34. The Morgan fingerprint density at radius 3 is 2.60 bits per heavy atom. The van der Waals surface area contributed by atoms with E-state index in [2.05, 4.69) is 4.90 Å². The first-order valence-corrected chi connectivity index (χ1v) is 8.54. The van der Waals surface area contributed by atoms with Gasteiger partial charge < -0.3 is 19.5 Å². The number of carboxylic acids is 1. The van der Waals surface area contributed by atoms with Crippen molar-refractivity contribution in [1.29, 1.82) is 0 Å². The molecule has 2 fully saturated rings. The topological polar surface area (TPSA) is 79.3 Å². The van der Waals surface area contributed by atoms with E-state index in [1.165, 1.54) is 0 Å². The molecule has 1 atom stereocenters. The maximum atomic E-state index is 12.9. The van der Waals surface area contributed by atoms with Gasteiger partial charge in [0.15, 0.2) is 5.60 Å². The third kappa shape index (κ3) is 4.00. The molecule has 0 bridgehead atoms. The molecule has 2 heterocycles. The minimum atomic E-state index is -0.934. The van der Waals surface area contributed by atoms with Gasteiger partial charge in [0.1, 0.15) is 0 Å². The number of benzene rings is 1. The molecule has 7 nitrogen and oxygen atoms in total. The molecule has 1 aromatic carbocycles. The van der Waals surface area contributed by atoms with Crippen LogP contribution in [0.2, 0.25) is 0 Å². The van der Waals surface area contributed by atoms with Crippen LogP contribution in [-0.2, 0) is 20.8 Å². The van der Waals surface area contributed by atoms with Gasteiger partial charge in [-0.2, -0.15) is 0 Å². The van der Waals surface area contributed by atoms with Crippen LogP contribution in [0.25, 0.3) is 0 Å². The zero-order valence-electron chi connectivity index (χ0n) is 14.4. The Labute approximate surface area is 147 Å². The lowest BCUT2D eigenvalue weighted by Gasteiger charge is -2.42. The minimum Gasteiger partial charge on any atom is -0.478 e. The van der Waals surface area contributed by atoms with E-state index in [1.54, 1.807) is 17.0 Å². The molecule has 1 aromatic rings. The average molecular weight is 348 g/mol. The molecule has 7 heteroatoms. The van der Waals surface area contributed by atoms with Crippen LogP contribution in [0.3, 0.4) is 0 Å². The molecular formula is C18H24N2O5. The van der Waals surface area contributed by atoms with Gasteiger partial charge >= 0.3 is 5.97 Å². The minimum absolute atomic E-state index is 0.0213. The summed E-state index contributed by atoms with van der Waals surface area (Å²) >= 11 is 0. The molecule has 0 radical (unpaired) electrons. The highest BCUT2D eigenvalue weighted by molar-refractivity contribution is 5.89. The first kappa shape index (κ1) is 17.8. The van der Waals surface area contributed by atoms with Crippen molar-refractivity contribution in [1.82, 2.24) is 9.80 Å². The smallest absolute Gasteiger partial charge is 0.336 e. The maximum Gasteiger partial charge on any atom is 0.336 e. The second kappa shape index (κ2) is 7.51. The summed E-state index contributed by atoms with van der Waals surface area (Å²) in [7, 11) is 0. The van der Waals surface area contributed by atoms with Crippen molar-refractivity contribution >= 4 is 11.9 Å². The second-order valence-corrected chi connectivity index (χ2v) is 6.66. The standard InChI is InChI=1S/C18H24N2O5/c1-18(17(23)20-7-9-24-10-8-20)13-19(6-11-25-18)12-14-4-2-3-5-15(14)16(21)22/h2-5H,6-13H2,1H3,(H,21,22). The molecule has 0 aromatic heterocycles. The summed E-state index contributed by atoms with van der Waals surface area (Å²) in [4.78, 5) is 28.1. The van der Waals surface area contributed by atoms with Crippen molar-refractivity contribution < 1.29 is 24.2 Å². The van der Waals surface area contributed by atoms with Gasteiger partial charge in [-0.1, -0.05) is 18.2 Å². The molecule has 136 valence electrons. The summed E-state index contributed by atoms with van der Waals surface area (Å²) in [6.45, 7) is 6.13. The zero-order chi connectivity index (χ0) is 17.9. The maximum absolute atomic E-state index is 12.9. The van der Waals surface area contributed by atoms with Crippen LogP contribution in [0.15, 0.2) is 24.3 Å². The van der Waals surface area contributed by atoms with Gasteiger partial charge in [-0.05, 0) is 18.6 Å². The predicted molar refractivity (Wildman–Crippen MR) is 90.4 cm³/mol. The Morgan fingerprint density at radius 1 is 1.16 bits per heavy atom. The first-order valence-electron chi connectivity index (χ1n) is 8.54. The molecule has 1 amide bonds. The molecule has 2 aliphatic heterocycles. The SMILES string of the molecule is CC1(C(=O)N2CCOCC2)CN(Cc2ccccc2C(=O)O)CCO1. The second-order valence-electron chi connectivity index (χ2n) is 6.66. The fourth-order valence-corrected chi connectivity index (χ4v) is 3.42. The van der Waals surface area contributed by atoms with Gasteiger partial charge in [0.05, 0.1) is 25.4 Å². The van der Waals surface area contributed by atoms with Crippen LogP contribution in [0.1, 0.15) is 22.8 Å². The predicted octanol–water partition coefficient (Wildman–Crippen LogP) is 0.835. The summed E-state index contributed by atoms with van der Waals surface area (Å²) in [6.07, 6.45) is 0. The number of ether oxygens (including phenoxy) is 2. The number of amides is 1. The summed E-state index contributed by atoms with van der Waals surface area (Å²) in [5.74, 6) is -0.956. The number of morpholine rings is 2. The van der Waals surface area contributed by atoms with E-state index in [-0.39, 0.29) is 5.91 Å². The van der Waals surface area contributed by atoms with E-state index in [4.69, 9.17) is 9.47 Å². The van der Waals surface area contributed by atoms with Crippen molar-refractivity contribution in [3.8, 4) is 0 Å². The number of aromatic carboxylic acids is 1. The third-order valence-electron chi connectivity index (χ3n) is 4.75. The number of rotatable bonds is 4. The number of carboxylic acid groups (broad SMARTS) is 1. The molecule has 0 aliphatic carbocycles. The molecule has 0 saturated carbocycles. The van der Waals surface area contributed by atoms with Gasteiger partial charge in [0, 0.05) is 32.7 Å². The van der Waals surface area contributed by atoms with Crippen LogP contribution in [0.5, 0.6) is 0 Å². The summed E-state index contributed by atoms with van der Waals surface area (Å²) in [6, 6.07) is 6.98. The van der Waals surface area contributed by atoms with Gasteiger partial charge in [-0.25, -0.2) is 4.79 Å². The Hall–Kier alpha value is -1.96. The number of hydrogen-bond acceptors (Lipinski definition) is 5. The lowest BCUT2D eigenvalue weighted by Crippen LogP contribution is -2.60. The van der Waals surface area contributed by atoms with Crippen molar-refractivity contribution in [3.63, 3.8) is 0 Å². The van der Waals surface area contributed by atoms with Crippen LogP contribution in [0.4, 0.5) is 0 Å². The van der Waals surface area contributed by atoms with E-state index >= 15 is 0 Å². The fourth-order valence-electron chi connectivity index (χ4n) is 3.42. The monoisotopic (exact) mass is 348 g/mol. The van der Waals surface area contributed by atoms with Gasteiger partial charge in [-0.3, -0.25) is 9.69 Å². The quantitative estimate of drug-likeness (QED) is 0.868. The third-order valence-corrected chi connectivity index (χ3v) is 4.75. The molecule has 2 aliphatic rings. The van der Waals surface area contributed by atoms with Crippen molar-refractivity contribution in [3.05, 3.63) is 35.4 Å². The highest BCUT2D eigenvalue weighted by Gasteiger charge is 2.42. The summed E-state index contributed by atoms with van der Waals surface area (Å²) in [5.41, 5.74) is 0.140. The van der Waals surface area contributed by atoms with Crippen LogP contribution in [-0.4, -0.2) is 78.4 Å². The van der Waals surface area contributed by atoms with Crippen LogP contribution in [0, 0.1) is 0 Å². The normalized spacial score (nSPS) is 24.9. The largest absolute Gasteiger partial charge is 0.478 e. The van der Waals surface area contributed by atoms with Crippen molar-refractivity contribution in [2.24, 2.45) is 0 Å². The Morgan fingerprint density at radius 2 is 1.88 bits per heavy atom. The number of hydrogen-bond donors (Lipinski definition) is 1. The molecular weight excluding hydrogens is 324 g/mol. The highest BCUT2D eigenvalue weighted by Crippen LogP contribution is 2.23. The number of carbonyl (C=O) groups excluding carboxylic acids is 1. The molecule has 2 saturated heterocycles. The lowest BCUT2D eigenvalue weighted by atomic mass is 10.00. The highest BCUT2D eigenvalue weighted by atomic mass is 16.5. The summed E-state index contributed by atoms with van der Waals surface area (Å²) < 4.78 is 11.1. The van der Waals surface area contributed by atoms with Crippen LogP contribution < -0.4 is 0 Å². The van der Waals surface area contributed by atoms with E-state index in [0.29, 0.717) is 58.1 Å². The Balaban J connectivity index is 1.70. The first-order chi connectivity index (χ1) is 12.0. The van der Waals surface area contributed by atoms with Gasteiger partial charge in [-0.15, -0.1) is 0 Å². The molecule has 1 unspecified atom stereocenters. The molecule has 0 spiro atoms. The zero-order valence-corrected chi connectivity index (χ0v) is 14.4. The van der Waals surface area contributed by atoms with E-state index in [9.17, 15) is 14.7 Å². The lowest BCUT2D eigenvalue weighted by molar-refractivity contribution is -0.171. The number of nitrogens with zero attached hydrogens (tertiary/aromatic N) is 2. The Kier molecular flexibility index (Phi) is 5.36. The van der Waals surface area contributed by atoms with Crippen molar-refractivity contribution in [2.75, 3.05) is 46.0 Å². The fraction of sp³-hybridized carbons (Fsp3) is 0.556. The van der Waals surface area contributed by atoms with E-state index in [0.717, 1.165) is 5.56 Å². The van der Waals surface area contributed by atoms with Gasteiger partial charge in [0.2, 0.25) is 0 Å². The molecule has 25 heavy (non-hydrogen) atoms. The van der Waals surface area contributed by atoms with E-state index in [1.807, 2.05) is 19.1 Å². The Bertz CT molecular complexity index is 644. The van der Waals surface area contributed by atoms with Crippen molar-refractivity contribution in [2.45, 2.75) is 19.1 Å². The van der Waals surface area contributed by atoms with E-state index < -0.39 is 11.6 Å². The average Bonchev–Trinajstić information content (AvgIpc) is 2.62. The van der Waals surface area contributed by atoms with Gasteiger partial charge in [0.25, 0.3) is 5.91 Å². The molecule has 3 rings (SSSR count).